The third-order valence-corrected chi connectivity index (χ3v) is 4.02. The number of carbonyl (C=O) groups excluding carboxylic acids is 1. The molecular formula is C14H15ClN2O2S. The molecule has 0 saturated heterocycles. The summed E-state index contributed by atoms with van der Waals surface area (Å²) in [5.74, 6) is 0.563. The van der Waals surface area contributed by atoms with Gasteiger partial charge in [-0.15, -0.1) is 11.3 Å². The third-order valence-electron chi connectivity index (χ3n) is 2.73. The van der Waals surface area contributed by atoms with Crippen LogP contribution in [0.25, 0.3) is 0 Å². The van der Waals surface area contributed by atoms with Gasteiger partial charge in [0.05, 0.1) is 18.8 Å². The largest absolute Gasteiger partial charge is 0.495 e. The van der Waals surface area contributed by atoms with Crippen molar-refractivity contribution in [2.24, 2.45) is 0 Å². The van der Waals surface area contributed by atoms with E-state index in [1.807, 2.05) is 24.4 Å². The lowest BCUT2D eigenvalue weighted by Gasteiger charge is -2.15. The van der Waals surface area contributed by atoms with Gasteiger partial charge in [-0.25, -0.2) is 4.79 Å². The quantitative estimate of drug-likeness (QED) is 0.885. The molecule has 0 unspecified atom stereocenters. The van der Waals surface area contributed by atoms with Crippen molar-refractivity contribution >= 4 is 34.7 Å². The van der Waals surface area contributed by atoms with E-state index in [0.717, 1.165) is 4.88 Å². The molecule has 6 heteroatoms. The fourth-order valence-electron chi connectivity index (χ4n) is 1.74. The van der Waals surface area contributed by atoms with Crippen LogP contribution in [0.1, 0.15) is 17.8 Å². The highest BCUT2D eigenvalue weighted by atomic mass is 35.5. The number of hydrogen-bond donors (Lipinski definition) is 2. The first-order valence-electron chi connectivity index (χ1n) is 6.04. The van der Waals surface area contributed by atoms with Gasteiger partial charge in [-0.3, -0.25) is 0 Å². The Hall–Kier alpha value is -1.72. The standard InChI is InChI=1S/C14H15ClN2O2S/c1-9(13-4-3-7-20-13)16-14(18)17-11-8-10(15)5-6-12(11)19-2/h3-9H,1-2H3,(H2,16,17,18)/t9-/m0/s1. The molecule has 2 N–H and O–H groups in total. The van der Waals surface area contributed by atoms with Crippen LogP contribution in [-0.4, -0.2) is 13.1 Å². The number of benzene rings is 1. The van der Waals surface area contributed by atoms with E-state index in [-0.39, 0.29) is 12.1 Å². The third kappa shape index (κ3) is 3.65. The van der Waals surface area contributed by atoms with Crippen molar-refractivity contribution in [2.45, 2.75) is 13.0 Å². The Morgan fingerprint density at radius 2 is 2.20 bits per heavy atom. The van der Waals surface area contributed by atoms with Gasteiger partial charge >= 0.3 is 6.03 Å². The average Bonchev–Trinajstić information content (AvgIpc) is 2.92. The Labute approximate surface area is 126 Å². The average molecular weight is 311 g/mol. The zero-order chi connectivity index (χ0) is 14.5. The molecule has 2 amide bonds. The van der Waals surface area contributed by atoms with Crippen LogP contribution in [0.15, 0.2) is 35.7 Å². The molecule has 0 bridgehead atoms. The second kappa shape index (κ2) is 6.63. The van der Waals surface area contributed by atoms with E-state index in [1.54, 1.807) is 36.6 Å². The molecular weight excluding hydrogens is 296 g/mol. The summed E-state index contributed by atoms with van der Waals surface area (Å²) in [5.41, 5.74) is 0.538. The normalized spacial score (nSPS) is 11.8. The molecule has 0 aliphatic heterocycles. The van der Waals surface area contributed by atoms with Gasteiger partial charge in [-0.1, -0.05) is 17.7 Å². The molecule has 4 nitrogen and oxygen atoms in total. The van der Waals surface area contributed by atoms with E-state index in [9.17, 15) is 4.79 Å². The maximum absolute atomic E-state index is 12.0. The number of urea groups is 1. The molecule has 20 heavy (non-hydrogen) atoms. The van der Waals surface area contributed by atoms with Gasteiger partial charge in [0.1, 0.15) is 5.75 Å². The monoisotopic (exact) mass is 310 g/mol. The molecule has 2 aromatic rings. The summed E-state index contributed by atoms with van der Waals surface area (Å²) in [5, 5.41) is 8.12. The number of ether oxygens (including phenoxy) is 1. The van der Waals surface area contributed by atoms with Gasteiger partial charge in [0, 0.05) is 9.90 Å². The maximum atomic E-state index is 12.0. The molecule has 1 atom stereocenters. The van der Waals surface area contributed by atoms with Crippen LogP contribution in [0.2, 0.25) is 5.02 Å². The van der Waals surface area contributed by atoms with Crippen LogP contribution in [0, 0.1) is 0 Å². The van der Waals surface area contributed by atoms with Crippen LogP contribution < -0.4 is 15.4 Å². The summed E-state index contributed by atoms with van der Waals surface area (Å²) < 4.78 is 5.18. The fraction of sp³-hybridized carbons (Fsp3) is 0.214. The Balaban J connectivity index is 2.03. The van der Waals surface area contributed by atoms with Gasteiger partial charge in [0.2, 0.25) is 0 Å². The molecule has 1 aromatic heterocycles. The van der Waals surface area contributed by atoms with E-state index in [1.165, 1.54) is 0 Å². The van der Waals surface area contributed by atoms with Crippen LogP contribution in [0.5, 0.6) is 5.75 Å². The highest BCUT2D eigenvalue weighted by Gasteiger charge is 2.12. The minimum absolute atomic E-state index is 0.0554. The summed E-state index contributed by atoms with van der Waals surface area (Å²) in [6, 6.07) is 8.64. The first-order chi connectivity index (χ1) is 9.60. The molecule has 0 fully saturated rings. The number of halogens is 1. The smallest absolute Gasteiger partial charge is 0.319 e. The minimum atomic E-state index is -0.300. The molecule has 1 heterocycles. The highest BCUT2D eigenvalue weighted by Crippen LogP contribution is 2.27. The van der Waals surface area contributed by atoms with E-state index < -0.39 is 0 Å². The van der Waals surface area contributed by atoms with Crippen molar-refractivity contribution in [2.75, 3.05) is 12.4 Å². The zero-order valence-electron chi connectivity index (χ0n) is 11.1. The molecule has 106 valence electrons. The summed E-state index contributed by atoms with van der Waals surface area (Å²) >= 11 is 7.52. The lowest BCUT2D eigenvalue weighted by Crippen LogP contribution is -2.30. The zero-order valence-corrected chi connectivity index (χ0v) is 12.7. The lowest BCUT2D eigenvalue weighted by atomic mass is 10.2. The molecule has 2 rings (SSSR count). The molecule has 0 aliphatic carbocycles. The summed E-state index contributed by atoms with van der Waals surface area (Å²) in [4.78, 5) is 13.1. The maximum Gasteiger partial charge on any atom is 0.319 e. The topological polar surface area (TPSA) is 50.4 Å². The Bertz CT molecular complexity index is 587. The highest BCUT2D eigenvalue weighted by molar-refractivity contribution is 7.10. The number of carbonyl (C=O) groups is 1. The number of amides is 2. The van der Waals surface area contributed by atoms with Crippen LogP contribution in [0.4, 0.5) is 10.5 Å². The minimum Gasteiger partial charge on any atom is -0.495 e. The second-order valence-electron chi connectivity index (χ2n) is 4.18. The molecule has 0 aliphatic rings. The lowest BCUT2D eigenvalue weighted by molar-refractivity contribution is 0.249. The van der Waals surface area contributed by atoms with Crippen LogP contribution in [0.3, 0.4) is 0 Å². The molecule has 1 aromatic carbocycles. The number of thiophene rings is 1. The SMILES string of the molecule is COc1ccc(Cl)cc1NC(=O)N[C@@H](C)c1cccs1. The first-order valence-corrected chi connectivity index (χ1v) is 7.30. The Kier molecular flexibility index (Phi) is 4.87. The van der Waals surface area contributed by atoms with Gasteiger partial charge in [0.25, 0.3) is 0 Å². The van der Waals surface area contributed by atoms with Crippen LogP contribution >= 0.6 is 22.9 Å². The van der Waals surface area contributed by atoms with Crippen molar-refractivity contribution < 1.29 is 9.53 Å². The summed E-state index contributed by atoms with van der Waals surface area (Å²) in [6.45, 7) is 1.93. The summed E-state index contributed by atoms with van der Waals surface area (Å²) in [7, 11) is 1.54. The van der Waals surface area contributed by atoms with Gasteiger partial charge in [0.15, 0.2) is 0 Å². The Morgan fingerprint density at radius 3 is 2.85 bits per heavy atom. The fourth-order valence-corrected chi connectivity index (χ4v) is 2.65. The van der Waals surface area contributed by atoms with Gasteiger partial charge in [-0.05, 0) is 36.6 Å². The van der Waals surface area contributed by atoms with Crippen molar-refractivity contribution in [1.82, 2.24) is 5.32 Å². The molecule has 0 spiro atoms. The first kappa shape index (κ1) is 14.7. The Morgan fingerprint density at radius 1 is 1.40 bits per heavy atom. The second-order valence-corrected chi connectivity index (χ2v) is 5.60. The van der Waals surface area contributed by atoms with Crippen molar-refractivity contribution in [3.8, 4) is 5.75 Å². The number of hydrogen-bond acceptors (Lipinski definition) is 3. The predicted octanol–water partition coefficient (Wildman–Crippen LogP) is 4.29. The van der Waals surface area contributed by atoms with Gasteiger partial charge < -0.3 is 15.4 Å². The summed E-state index contributed by atoms with van der Waals surface area (Å²) in [6.07, 6.45) is 0. The van der Waals surface area contributed by atoms with Crippen LogP contribution in [-0.2, 0) is 0 Å². The number of anilines is 1. The van der Waals surface area contributed by atoms with E-state index in [0.29, 0.717) is 16.5 Å². The van der Waals surface area contributed by atoms with Crippen molar-refractivity contribution in [3.05, 3.63) is 45.6 Å². The molecule has 0 saturated carbocycles. The number of rotatable bonds is 4. The van der Waals surface area contributed by atoms with Crippen molar-refractivity contribution in [3.63, 3.8) is 0 Å². The molecule has 0 radical (unpaired) electrons. The van der Waals surface area contributed by atoms with Crippen molar-refractivity contribution in [1.29, 1.82) is 0 Å². The van der Waals surface area contributed by atoms with Gasteiger partial charge in [-0.2, -0.15) is 0 Å². The number of nitrogens with one attached hydrogen (secondary N) is 2. The predicted molar refractivity (Wildman–Crippen MR) is 82.9 cm³/mol. The van der Waals surface area contributed by atoms with E-state index in [4.69, 9.17) is 16.3 Å². The van der Waals surface area contributed by atoms with E-state index >= 15 is 0 Å². The van der Waals surface area contributed by atoms with E-state index in [2.05, 4.69) is 10.6 Å². The number of methoxy groups -OCH3 is 1.